The summed E-state index contributed by atoms with van der Waals surface area (Å²) < 4.78 is 4.97. The number of aryl methyl sites for hydroxylation is 1. The number of nitrogens with one attached hydrogen (secondary N) is 1. The molecule has 0 saturated heterocycles. The third-order valence-electron chi connectivity index (χ3n) is 4.68. The van der Waals surface area contributed by atoms with Gasteiger partial charge in [0.25, 0.3) is 5.91 Å². The Morgan fingerprint density at radius 2 is 1.96 bits per heavy atom. The fourth-order valence-electron chi connectivity index (χ4n) is 2.88. The lowest BCUT2D eigenvalue weighted by atomic mass is 9.98. The number of hydrogen-bond acceptors (Lipinski definition) is 4. The number of ketones is 1. The van der Waals surface area contributed by atoms with Crippen molar-refractivity contribution in [2.24, 2.45) is 11.8 Å². The normalized spacial score (nSPS) is 21.9. The van der Waals surface area contributed by atoms with Crippen LogP contribution in [0.2, 0.25) is 0 Å². The molecule has 0 spiro atoms. The van der Waals surface area contributed by atoms with Crippen LogP contribution in [0.15, 0.2) is 18.2 Å². The van der Waals surface area contributed by atoms with Gasteiger partial charge in [-0.1, -0.05) is 6.07 Å². The van der Waals surface area contributed by atoms with Gasteiger partial charge in [0.15, 0.2) is 0 Å². The summed E-state index contributed by atoms with van der Waals surface area (Å²) in [5.41, 5.74) is 2.44. The number of benzene rings is 1. The standard InChI is InChI=1S/C19H23NO4/c1-3-24-19(23)16-10-15(16)17(21)9-13-8-12(5-4-11(13)2)18(22)20-14-6-7-14/h4-5,8,14-16H,3,6-7,9-10H2,1-2H3,(H,20,22). The highest BCUT2D eigenvalue weighted by atomic mass is 16.5. The Kier molecular flexibility index (Phi) is 4.69. The van der Waals surface area contributed by atoms with Gasteiger partial charge in [-0.2, -0.15) is 0 Å². The predicted octanol–water partition coefficient (Wildman–Crippen LogP) is 2.20. The van der Waals surface area contributed by atoms with Crippen molar-refractivity contribution in [2.45, 2.75) is 45.6 Å². The fourth-order valence-corrected chi connectivity index (χ4v) is 2.88. The second-order valence-electron chi connectivity index (χ2n) is 6.73. The van der Waals surface area contributed by atoms with E-state index in [1.807, 2.05) is 13.0 Å². The van der Waals surface area contributed by atoms with Gasteiger partial charge in [-0.25, -0.2) is 0 Å². The molecule has 1 aromatic rings. The molecule has 1 amide bonds. The van der Waals surface area contributed by atoms with Crippen molar-refractivity contribution in [2.75, 3.05) is 6.61 Å². The van der Waals surface area contributed by atoms with Gasteiger partial charge in [0.2, 0.25) is 0 Å². The number of carbonyl (C=O) groups excluding carboxylic acids is 3. The summed E-state index contributed by atoms with van der Waals surface area (Å²) in [6.45, 7) is 4.03. The first-order chi connectivity index (χ1) is 11.5. The van der Waals surface area contributed by atoms with Gasteiger partial charge < -0.3 is 10.1 Å². The summed E-state index contributed by atoms with van der Waals surface area (Å²) in [6.07, 6.45) is 2.93. The quantitative estimate of drug-likeness (QED) is 0.778. The fraction of sp³-hybridized carbons (Fsp3) is 0.526. The lowest BCUT2D eigenvalue weighted by Crippen LogP contribution is -2.25. The highest BCUT2D eigenvalue weighted by Crippen LogP contribution is 2.41. The molecular formula is C19H23NO4. The molecule has 2 aliphatic rings. The molecule has 2 fully saturated rings. The molecule has 0 aliphatic heterocycles. The number of amides is 1. The smallest absolute Gasteiger partial charge is 0.309 e. The first kappa shape index (κ1) is 16.7. The molecule has 3 rings (SSSR count). The maximum absolute atomic E-state index is 12.4. The highest BCUT2D eigenvalue weighted by molar-refractivity contribution is 5.96. The molecule has 2 unspecified atom stereocenters. The van der Waals surface area contributed by atoms with E-state index in [1.54, 1.807) is 19.1 Å². The number of ether oxygens (including phenoxy) is 1. The molecule has 0 radical (unpaired) electrons. The second kappa shape index (κ2) is 6.75. The van der Waals surface area contributed by atoms with Crippen LogP contribution in [0.3, 0.4) is 0 Å². The monoisotopic (exact) mass is 329 g/mol. The number of hydrogen-bond donors (Lipinski definition) is 1. The zero-order chi connectivity index (χ0) is 17.3. The molecular weight excluding hydrogens is 306 g/mol. The van der Waals surface area contributed by atoms with Crippen molar-refractivity contribution < 1.29 is 19.1 Å². The lowest BCUT2D eigenvalue weighted by Gasteiger charge is -2.09. The van der Waals surface area contributed by atoms with Crippen molar-refractivity contribution in [1.29, 1.82) is 0 Å². The van der Waals surface area contributed by atoms with Crippen molar-refractivity contribution in [3.05, 3.63) is 34.9 Å². The average molecular weight is 329 g/mol. The summed E-state index contributed by atoms with van der Waals surface area (Å²) in [4.78, 5) is 36.2. The average Bonchev–Trinajstić information content (AvgIpc) is 3.43. The Bertz CT molecular complexity index is 678. The van der Waals surface area contributed by atoms with E-state index in [1.165, 1.54) is 0 Å². The van der Waals surface area contributed by atoms with Crippen LogP contribution in [0.25, 0.3) is 0 Å². The molecule has 2 aliphatic carbocycles. The van der Waals surface area contributed by atoms with Gasteiger partial charge in [-0.05, 0) is 56.4 Å². The van der Waals surface area contributed by atoms with E-state index in [2.05, 4.69) is 5.32 Å². The summed E-state index contributed by atoms with van der Waals surface area (Å²) in [5.74, 6) is -0.811. The molecule has 5 heteroatoms. The van der Waals surface area contributed by atoms with Crippen LogP contribution >= 0.6 is 0 Å². The van der Waals surface area contributed by atoms with E-state index < -0.39 is 0 Å². The van der Waals surface area contributed by atoms with Crippen LogP contribution in [-0.4, -0.2) is 30.3 Å². The summed E-state index contributed by atoms with van der Waals surface area (Å²) in [5, 5.41) is 2.96. The van der Waals surface area contributed by atoms with Crippen molar-refractivity contribution in [1.82, 2.24) is 5.32 Å². The Hall–Kier alpha value is -2.17. The van der Waals surface area contributed by atoms with E-state index in [0.717, 1.165) is 24.0 Å². The van der Waals surface area contributed by atoms with Crippen LogP contribution < -0.4 is 5.32 Å². The summed E-state index contributed by atoms with van der Waals surface area (Å²) >= 11 is 0. The molecule has 1 aromatic carbocycles. The molecule has 0 heterocycles. The first-order valence-corrected chi connectivity index (χ1v) is 8.59. The van der Waals surface area contributed by atoms with Gasteiger partial charge in [-0.15, -0.1) is 0 Å². The molecule has 1 N–H and O–H groups in total. The highest BCUT2D eigenvalue weighted by Gasteiger charge is 2.48. The third-order valence-corrected chi connectivity index (χ3v) is 4.68. The molecule has 0 aromatic heterocycles. The van der Waals surface area contributed by atoms with Crippen LogP contribution in [0.5, 0.6) is 0 Å². The van der Waals surface area contributed by atoms with E-state index in [-0.39, 0.29) is 35.9 Å². The zero-order valence-corrected chi connectivity index (χ0v) is 14.1. The Labute approximate surface area is 141 Å². The second-order valence-corrected chi connectivity index (χ2v) is 6.73. The predicted molar refractivity (Wildman–Crippen MR) is 88.6 cm³/mol. The van der Waals surface area contributed by atoms with E-state index in [9.17, 15) is 14.4 Å². The SMILES string of the molecule is CCOC(=O)C1CC1C(=O)Cc1cc(C(=O)NC2CC2)ccc1C. The van der Waals surface area contributed by atoms with Crippen LogP contribution in [0.1, 0.15) is 47.7 Å². The van der Waals surface area contributed by atoms with Gasteiger partial charge >= 0.3 is 5.97 Å². The molecule has 2 atom stereocenters. The van der Waals surface area contributed by atoms with Crippen LogP contribution in [0.4, 0.5) is 0 Å². The molecule has 24 heavy (non-hydrogen) atoms. The number of Topliss-reactive ketones (excluding diaryl/α,β-unsaturated/α-hetero) is 1. The van der Waals surface area contributed by atoms with Gasteiger partial charge in [0.05, 0.1) is 12.5 Å². The van der Waals surface area contributed by atoms with E-state index in [4.69, 9.17) is 4.74 Å². The zero-order valence-electron chi connectivity index (χ0n) is 14.1. The molecule has 128 valence electrons. The summed E-state index contributed by atoms with van der Waals surface area (Å²) in [7, 11) is 0. The Morgan fingerprint density at radius 3 is 2.62 bits per heavy atom. The number of esters is 1. The van der Waals surface area contributed by atoms with Crippen molar-refractivity contribution in [3.8, 4) is 0 Å². The van der Waals surface area contributed by atoms with E-state index in [0.29, 0.717) is 24.6 Å². The van der Waals surface area contributed by atoms with Gasteiger partial charge in [-0.3, -0.25) is 14.4 Å². The minimum absolute atomic E-state index is 0.0518. The van der Waals surface area contributed by atoms with Gasteiger partial charge in [0, 0.05) is 23.9 Å². The van der Waals surface area contributed by atoms with Crippen molar-refractivity contribution in [3.63, 3.8) is 0 Å². The van der Waals surface area contributed by atoms with Crippen molar-refractivity contribution >= 4 is 17.7 Å². The Balaban J connectivity index is 1.63. The number of rotatable bonds is 7. The van der Waals surface area contributed by atoms with Gasteiger partial charge in [0.1, 0.15) is 5.78 Å². The minimum atomic E-state index is -0.279. The molecule has 0 bridgehead atoms. The van der Waals surface area contributed by atoms with Crippen LogP contribution in [-0.2, 0) is 20.7 Å². The molecule has 2 saturated carbocycles. The lowest BCUT2D eigenvalue weighted by molar-refractivity contribution is -0.145. The van der Waals surface area contributed by atoms with Crippen LogP contribution in [0, 0.1) is 18.8 Å². The first-order valence-electron chi connectivity index (χ1n) is 8.59. The third kappa shape index (κ3) is 3.83. The maximum Gasteiger partial charge on any atom is 0.309 e. The summed E-state index contributed by atoms with van der Waals surface area (Å²) in [6, 6.07) is 5.77. The van der Waals surface area contributed by atoms with E-state index >= 15 is 0 Å². The maximum atomic E-state index is 12.4. The molecule has 5 nitrogen and oxygen atoms in total. The largest absolute Gasteiger partial charge is 0.466 e. The Morgan fingerprint density at radius 1 is 1.21 bits per heavy atom. The minimum Gasteiger partial charge on any atom is -0.466 e. The topological polar surface area (TPSA) is 72.5 Å². The number of carbonyl (C=O) groups is 3.